The van der Waals surface area contributed by atoms with Crippen LogP contribution in [0.2, 0.25) is 0 Å². The van der Waals surface area contributed by atoms with Crippen molar-refractivity contribution in [3.05, 3.63) is 83.4 Å². The Morgan fingerprint density at radius 2 is 1.55 bits per heavy atom. The number of hydrogen-bond donors (Lipinski definition) is 4. The molecule has 0 saturated carbocycles. The number of carbonyl (C=O) groups is 1. The molecule has 0 bridgehead atoms. The summed E-state index contributed by atoms with van der Waals surface area (Å²) in [5.41, 5.74) is 7.26. The summed E-state index contributed by atoms with van der Waals surface area (Å²) in [4.78, 5) is 12.4. The highest BCUT2D eigenvalue weighted by Gasteiger charge is 2.14. The van der Waals surface area contributed by atoms with Gasteiger partial charge < -0.3 is 10.4 Å². The van der Waals surface area contributed by atoms with Crippen molar-refractivity contribution in [1.29, 1.82) is 0 Å². The molecule has 0 aliphatic carbocycles. The van der Waals surface area contributed by atoms with Gasteiger partial charge in [0.2, 0.25) is 0 Å². The highest BCUT2D eigenvalue weighted by molar-refractivity contribution is 7.80. The summed E-state index contributed by atoms with van der Waals surface area (Å²) in [6, 6.07) is 14.6. The second-order valence-corrected chi connectivity index (χ2v) is 6.70. The number of hydrogen-bond acceptors (Lipinski definition) is 3. The lowest BCUT2D eigenvalue weighted by molar-refractivity contribution is 0.0941. The first-order chi connectivity index (χ1) is 13.8. The van der Waals surface area contributed by atoms with E-state index in [0.717, 1.165) is 29.4 Å². The molecular formula is C21H17F2N3O2S. The van der Waals surface area contributed by atoms with E-state index in [2.05, 4.69) is 16.2 Å². The Morgan fingerprint density at radius 1 is 0.897 bits per heavy atom. The van der Waals surface area contributed by atoms with Crippen LogP contribution < -0.4 is 16.2 Å². The molecule has 0 spiro atoms. The molecule has 0 aromatic heterocycles. The summed E-state index contributed by atoms with van der Waals surface area (Å²) in [5, 5.41) is 13.0. The molecule has 0 aliphatic heterocycles. The van der Waals surface area contributed by atoms with Crippen molar-refractivity contribution in [1.82, 2.24) is 10.9 Å². The van der Waals surface area contributed by atoms with Crippen molar-refractivity contribution >= 4 is 28.9 Å². The average molecular weight is 413 g/mol. The molecule has 8 heteroatoms. The number of benzene rings is 3. The van der Waals surface area contributed by atoms with Gasteiger partial charge in [-0.1, -0.05) is 23.8 Å². The van der Waals surface area contributed by atoms with Gasteiger partial charge in [0.1, 0.15) is 17.4 Å². The summed E-state index contributed by atoms with van der Waals surface area (Å²) in [6.07, 6.45) is 0. The third-order valence-corrected chi connectivity index (χ3v) is 4.24. The van der Waals surface area contributed by atoms with Gasteiger partial charge in [-0.3, -0.25) is 15.6 Å². The van der Waals surface area contributed by atoms with Crippen LogP contribution in [0.5, 0.6) is 5.75 Å². The Labute approximate surface area is 171 Å². The van der Waals surface area contributed by atoms with Crippen molar-refractivity contribution in [3.8, 4) is 16.9 Å². The normalized spacial score (nSPS) is 10.3. The fraction of sp³-hybridized carbons (Fsp3) is 0.0476. The SMILES string of the molecule is Cc1ccc(NC(=S)NNC(=O)c2cc(-c3cc(F)cc(F)c3)ccc2O)cc1. The van der Waals surface area contributed by atoms with Gasteiger partial charge in [0.15, 0.2) is 5.11 Å². The van der Waals surface area contributed by atoms with Crippen LogP contribution in [-0.2, 0) is 0 Å². The fourth-order valence-electron chi connectivity index (χ4n) is 2.60. The molecule has 0 saturated heterocycles. The average Bonchev–Trinajstić information content (AvgIpc) is 2.67. The van der Waals surface area contributed by atoms with Gasteiger partial charge in [-0.15, -0.1) is 0 Å². The summed E-state index contributed by atoms with van der Waals surface area (Å²) < 4.78 is 26.9. The molecule has 5 nitrogen and oxygen atoms in total. The number of phenolic OH excluding ortho intramolecular Hbond substituents is 1. The predicted molar refractivity (Wildman–Crippen MR) is 111 cm³/mol. The lowest BCUT2D eigenvalue weighted by Crippen LogP contribution is -2.43. The molecule has 29 heavy (non-hydrogen) atoms. The maximum atomic E-state index is 13.5. The Balaban J connectivity index is 1.70. The number of anilines is 1. The second kappa shape index (κ2) is 8.66. The van der Waals surface area contributed by atoms with Crippen molar-refractivity contribution in [2.45, 2.75) is 6.92 Å². The number of amides is 1. The first kappa shape index (κ1) is 20.2. The molecule has 0 fully saturated rings. The predicted octanol–water partition coefficient (Wildman–Crippen LogP) is 4.28. The zero-order chi connectivity index (χ0) is 21.0. The van der Waals surface area contributed by atoms with Gasteiger partial charge in [-0.25, -0.2) is 8.78 Å². The Bertz CT molecular complexity index is 1050. The third-order valence-electron chi connectivity index (χ3n) is 4.04. The van der Waals surface area contributed by atoms with E-state index in [1.807, 2.05) is 31.2 Å². The molecule has 3 rings (SSSR count). The number of hydrazine groups is 1. The van der Waals surface area contributed by atoms with Gasteiger partial charge in [-0.05, 0) is 66.7 Å². The number of aromatic hydroxyl groups is 1. The minimum Gasteiger partial charge on any atom is -0.507 e. The van der Waals surface area contributed by atoms with E-state index in [4.69, 9.17) is 12.2 Å². The van der Waals surface area contributed by atoms with E-state index in [1.54, 1.807) is 0 Å². The molecule has 0 atom stereocenters. The van der Waals surface area contributed by atoms with Crippen LogP contribution in [0.25, 0.3) is 11.1 Å². The van der Waals surface area contributed by atoms with Crippen LogP contribution in [-0.4, -0.2) is 16.1 Å². The molecular weight excluding hydrogens is 396 g/mol. The molecule has 3 aromatic rings. The lowest BCUT2D eigenvalue weighted by Gasteiger charge is -2.13. The van der Waals surface area contributed by atoms with E-state index in [9.17, 15) is 18.7 Å². The van der Waals surface area contributed by atoms with Crippen LogP contribution in [0.15, 0.2) is 60.7 Å². The smallest absolute Gasteiger partial charge is 0.273 e. The topological polar surface area (TPSA) is 73.4 Å². The largest absolute Gasteiger partial charge is 0.507 e. The summed E-state index contributed by atoms with van der Waals surface area (Å²) in [5.74, 6) is -2.45. The number of aryl methyl sites for hydroxylation is 1. The summed E-state index contributed by atoms with van der Waals surface area (Å²) >= 11 is 5.12. The Kier molecular flexibility index (Phi) is 6.04. The van der Waals surface area contributed by atoms with E-state index in [0.29, 0.717) is 5.56 Å². The summed E-state index contributed by atoms with van der Waals surface area (Å²) in [7, 11) is 0. The van der Waals surface area contributed by atoms with Crippen molar-refractivity contribution in [2.24, 2.45) is 0 Å². The zero-order valence-electron chi connectivity index (χ0n) is 15.3. The number of nitrogens with one attached hydrogen (secondary N) is 3. The minimum absolute atomic E-state index is 0.0854. The molecule has 1 amide bonds. The van der Waals surface area contributed by atoms with Crippen molar-refractivity contribution in [3.63, 3.8) is 0 Å². The first-order valence-electron chi connectivity index (χ1n) is 8.55. The minimum atomic E-state index is -0.742. The standard InChI is InChI=1S/C21H17F2N3O2S/c1-12-2-5-17(6-3-12)24-21(29)26-25-20(28)18-10-13(4-7-19(18)27)14-8-15(22)11-16(23)9-14/h2-11,27H,1H3,(H,25,28)(H2,24,26,29). The summed E-state index contributed by atoms with van der Waals surface area (Å²) in [6.45, 7) is 1.96. The third kappa shape index (κ3) is 5.26. The van der Waals surface area contributed by atoms with Gasteiger partial charge in [0.25, 0.3) is 5.91 Å². The lowest BCUT2D eigenvalue weighted by atomic mass is 10.0. The van der Waals surface area contributed by atoms with Crippen molar-refractivity contribution in [2.75, 3.05) is 5.32 Å². The van der Waals surface area contributed by atoms with Crippen molar-refractivity contribution < 1.29 is 18.7 Å². The molecule has 0 radical (unpaired) electrons. The highest BCUT2D eigenvalue weighted by Crippen LogP contribution is 2.27. The van der Waals surface area contributed by atoms with E-state index < -0.39 is 17.5 Å². The quantitative estimate of drug-likeness (QED) is 0.381. The van der Waals surface area contributed by atoms with Crippen LogP contribution in [0.1, 0.15) is 15.9 Å². The van der Waals surface area contributed by atoms with Crippen LogP contribution in [0, 0.1) is 18.6 Å². The van der Waals surface area contributed by atoms with Crippen LogP contribution in [0.3, 0.4) is 0 Å². The first-order valence-corrected chi connectivity index (χ1v) is 8.96. The maximum absolute atomic E-state index is 13.5. The monoisotopic (exact) mass is 413 g/mol. The fourth-order valence-corrected chi connectivity index (χ4v) is 2.77. The number of carbonyl (C=O) groups excluding carboxylic acids is 1. The van der Waals surface area contributed by atoms with Gasteiger partial charge in [-0.2, -0.15) is 0 Å². The molecule has 3 aromatic carbocycles. The molecule has 0 aliphatic rings. The number of halogens is 2. The van der Waals surface area contributed by atoms with Gasteiger partial charge in [0, 0.05) is 11.8 Å². The van der Waals surface area contributed by atoms with Gasteiger partial charge in [0.05, 0.1) is 5.56 Å². The van der Waals surface area contributed by atoms with Crippen LogP contribution >= 0.6 is 12.2 Å². The van der Waals surface area contributed by atoms with Gasteiger partial charge >= 0.3 is 0 Å². The highest BCUT2D eigenvalue weighted by atomic mass is 32.1. The second-order valence-electron chi connectivity index (χ2n) is 6.29. The maximum Gasteiger partial charge on any atom is 0.273 e. The molecule has 148 valence electrons. The van der Waals surface area contributed by atoms with Crippen LogP contribution in [0.4, 0.5) is 14.5 Å². The molecule has 4 N–H and O–H groups in total. The molecule has 0 heterocycles. The van der Waals surface area contributed by atoms with E-state index >= 15 is 0 Å². The zero-order valence-corrected chi connectivity index (χ0v) is 16.1. The Hall–Kier alpha value is -3.52. The van der Waals surface area contributed by atoms with E-state index in [-0.39, 0.29) is 22.0 Å². The Morgan fingerprint density at radius 3 is 2.21 bits per heavy atom. The number of rotatable bonds is 3. The number of thiocarbonyl (C=S) groups is 1. The van der Waals surface area contributed by atoms with E-state index in [1.165, 1.54) is 18.2 Å². The number of phenols is 1. The molecule has 0 unspecified atom stereocenters.